The van der Waals surface area contributed by atoms with Gasteiger partial charge in [0, 0.05) is 5.56 Å². The third-order valence-electron chi connectivity index (χ3n) is 3.54. The van der Waals surface area contributed by atoms with Crippen LogP contribution in [-0.2, 0) is 10.0 Å². The van der Waals surface area contributed by atoms with Gasteiger partial charge in [0.05, 0.1) is 10.6 Å². The Bertz CT molecular complexity index is 963. The largest absolute Gasteiger partial charge is 0.283 e. The summed E-state index contributed by atoms with van der Waals surface area (Å²) >= 11 is 1.29. The molecular formula is C17H15FN2O2S2. The van der Waals surface area contributed by atoms with Crippen LogP contribution in [0.4, 0.5) is 4.39 Å². The minimum absolute atomic E-state index is 0.178. The van der Waals surface area contributed by atoms with Gasteiger partial charge >= 0.3 is 0 Å². The molecule has 24 heavy (non-hydrogen) atoms. The summed E-state index contributed by atoms with van der Waals surface area (Å²) in [5.74, 6) is -0.351. The first-order valence-electron chi connectivity index (χ1n) is 7.14. The van der Waals surface area contributed by atoms with Gasteiger partial charge in [-0.15, -0.1) is 15.8 Å². The van der Waals surface area contributed by atoms with Crippen molar-refractivity contribution in [2.75, 3.05) is 6.26 Å². The number of benzene rings is 2. The molecule has 0 aliphatic heterocycles. The molecule has 124 valence electrons. The van der Waals surface area contributed by atoms with Crippen LogP contribution >= 0.6 is 11.8 Å². The second-order valence-corrected chi connectivity index (χ2v) is 7.83. The lowest BCUT2D eigenvalue weighted by Gasteiger charge is -2.07. The molecule has 4 nitrogen and oxygen atoms in total. The maximum absolute atomic E-state index is 13.1. The topological polar surface area (TPSA) is 52.0 Å². The fraction of sp³-hybridized carbons (Fsp3) is 0.118. The zero-order valence-corrected chi connectivity index (χ0v) is 14.7. The van der Waals surface area contributed by atoms with Crippen molar-refractivity contribution in [2.45, 2.75) is 16.8 Å². The zero-order chi connectivity index (χ0) is 17.3. The SMILES string of the molecule is CSc1cc(-c2ccc(F)cc2)nn1S(=O)(=O)c1ccc(C)cc1. The Kier molecular flexibility index (Phi) is 4.47. The number of aromatic nitrogens is 2. The van der Waals surface area contributed by atoms with Crippen LogP contribution in [0.5, 0.6) is 0 Å². The maximum atomic E-state index is 13.1. The minimum atomic E-state index is -3.78. The Morgan fingerprint density at radius 3 is 2.25 bits per heavy atom. The molecule has 0 atom stereocenters. The monoisotopic (exact) mass is 362 g/mol. The third kappa shape index (κ3) is 3.09. The average Bonchev–Trinajstić information content (AvgIpc) is 3.01. The van der Waals surface area contributed by atoms with Crippen molar-refractivity contribution < 1.29 is 12.8 Å². The Labute approximate surface area is 144 Å². The number of aryl methyl sites for hydroxylation is 1. The first-order chi connectivity index (χ1) is 11.4. The van der Waals surface area contributed by atoms with Crippen LogP contribution in [0, 0.1) is 12.7 Å². The maximum Gasteiger partial charge on any atom is 0.283 e. The summed E-state index contributed by atoms with van der Waals surface area (Å²) in [5.41, 5.74) is 2.12. The van der Waals surface area contributed by atoms with Gasteiger partial charge in [0.15, 0.2) is 0 Å². The number of thioether (sulfide) groups is 1. The van der Waals surface area contributed by atoms with Crippen LogP contribution in [0.1, 0.15) is 5.56 Å². The number of rotatable bonds is 4. The van der Waals surface area contributed by atoms with Crippen molar-refractivity contribution in [3.05, 3.63) is 66.0 Å². The summed E-state index contributed by atoms with van der Waals surface area (Å²) < 4.78 is 39.8. The summed E-state index contributed by atoms with van der Waals surface area (Å²) in [5, 5.41) is 4.73. The van der Waals surface area contributed by atoms with Crippen molar-refractivity contribution in [3.8, 4) is 11.3 Å². The predicted molar refractivity (Wildman–Crippen MR) is 93.2 cm³/mol. The quantitative estimate of drug-likeness (QED) is 0.659. The van der Waals surface area contributed by atoms with E-state index in [-0.39, 0.29) is 10.7 Å². The molecule has 0 unspecified atom stereocenters. The van der Waals surface area contributed by atoms with E-state index in [0.717, 1.165) is 9.65 Å². The Hall–Kier alpha value is -2.12. The van der Waals surface area contributed by atoms with Crippen LogP contribution in [0.15, 0.2) is 64.5 Å². The van der Waals surface area contributed by atoms with E-state index in [9.17, 15) is 12.8 Å². The normalized spacial score (nSPS) is 11.6. The van der Waals surface area contributed by atoms with Crippen LogP contribution < -0.4 is 0 Å². The Balaban J connectivity index is 2.10. The van der Waals surface area contributed by atoms with E-state index in [1.165, 1.54) is 23.9 Å². The highest BCUT2D eigenvalue weighted by atomic mass is 32.2. The van der Waals surface area contributed by atoms with Crippen LogP contribution in [-0.4, -0.2) is 23.9 Å². The molecular weight excluding hydrogens is 347 g/mol. The van der Waals surface area contributed by atoms with Crippen LogP contribution in [0.25, 0.3) is 11.3 Å². The number of halogens is 1. The van der Waals surface area contributed by atoms with Gasteiger partial charge in [0.1, 0.15) is 10.8 Å². The molecule has 3 rings (SSSR count). The summed E-state index contributed by atoms with van der Waals surface area (Å²) in [7, 11) is -3.78. The highest BCUT2D eigenvalue weighted by molar-refractivity contribution is 7.99. The summed E-state index contributed by atoms with van der Waals surface area (Å²) in [6, 6.07) is 14.1. The molecule has 0 fully saturated rings. The second kappa shape index (κ2) is 6.41. The molecule has 0 radical (unpaired) electrons. The summed E-state index contributed by atoms with van der Waals surface area (Å²) in [6.45, 7) is 1.89. The van der Waals surface area contributed by atoms with Crippen molar-refractivity contribution in [1.82, 2.24) is 9.19 Å². The molecule has 7 heteroatoms. The zero-order valence-electron chi connectivity index (χ0n) is 13.1. The Morgan fingerprint density at radius 1 is 1.04 bits per heavy atom. The molecule has 0 saturated carbocycles. The van der Waals surface area contributed by atoms with E-state index in [2.05, 4.69) is 5.10 Å². The fourth-order valence-corrected chi connectivity index (χ4v) is 4.34. The molecule has 0 spiro atoms. The lowest BCUT2D eigenvalue weighted by molar-refractivity contribution is 0.574. The first-order valence-corrected chi connectivity index (χ1v) is 9.80. The lowest BCUT2D eigenvalue weighted by Crippen LogP contribution is -2.15. The van der Waals surface area contributed by atoms with Crippen molar-refractivity contribution in [2.24, 2.45) is 0 Å². The Morgan fingerprint density at radius 2 is 1.67 bits per heavy atom. The molecule has 0 saturated heterocycles. The van der Waals surface area contributed by atoms with E-state index in [1.54, 1.807) is 48.7 Å². The van der Waals surface area contributed by atoms with Gasteiger partial charge in [-0.3, -0.25) is 0 Å². The summed E-state index contributed by atoms with van der Waals surface area (Å²) in [4.78, 5) is 0.178. The molecule has 3 aromatic rings. The van der Waals surface area contributed by atoms with Gasteiger partial charge in [-0.2, -0.15) is 13.5 Å². The van der Waals surface area contributed by atoms with E-state index >= 15 is 0 Å². The molecule has 0 N–H and O–H groups in total. The predicted octanol–water partition coefficient (Wildman–Crippen LogP) is 3.96. The van der Waals surface area contributed by atoms with Crippen molar-refractivity contribution in [3.63, 3.8) is 0 Å². The number of hydrogen-bond acceptors (Lipinski definition) is 4. The number of hydrogen-bond donors (Lipinski definition) is 0. The number of nitrogens with zero attached hydrogens (tertiary/aromatic N) is 2. The van der Waals surface area contributed by atoms with Crippen molar-refractivity contribution >= 4 is 21.8 Å². The van der Waals surface area contributed by atoms with E-state index in [4.69, 9.17) is 0 Å². The lowest BCUT2D eigenvalue weighted by atomic mass is 10.1. The molecule has 0 aliphatic rings. The highest BCUT2D eigenvalue weighted by Crippen LogP contribution is 2.27. The highest BCUT2D eigenvalue weighted by Gasteiger charge is 2.22. The van der Waals surface area contributed by atoms with Gasteiger partial charge in [-0.05, 0) is 55.6 Å². The summed E-state index contributed by atoms with van der Waals surface area (Å²) in [6.07, 6.45) is 1.78. The third-order valence-corrected chi connectivity index (χ3v) is 5.97. The average molecular weight is 362 g/mol. The van der Waals surface area contributed by atoms with Crippen molar-refractivity contribution in [1.29, 1.82) is 0 Å². The van der Waals surface area contributed by atoms with Gasteiger partial charge in [-0.1, -0.05) is 17.7 Å². The van der Waals surface area contributed by atoms with Crippen LogP contribution in [0.2, 0.25) is 0 Å². The van der Waals surface area contributed by atoms with E-state index in [0.29, 0.717) is 16.3 Å². The van der Waals surface area contributed by atoms with E-state index in [1.807, 2.05) is 6.92 Å². The minimum Gasteiger partial charge on any atom is -0.207 e. The van der Waals surface area contributed by atoms with E-state index < -0.39 is 10.0 Å². The molecule has 0 aliphatic carbocycles. The first kappa shape index (κ1) is 16.7. The molecule has 2 aromatic carbocycles. The van der Waals surface area contributed by atoms with Gasteiger partial charge in [0.25, 0.3) is 10.0 Å². The molecule has 0 amide bonds. The molecule has 1 heterocycles. The second-order valence-electron chi connectivity index (χ2n) is 5.24. The van der Waals surface area contributed by atoms with Gasteiger partial charge < -0.3 is 0 Å². The van der Waals surface area contributed by atoms with Gasteiger partial charge in [-0.25, -0.2) is 4.39 Å². The molecule has 0 bridgehead atoms. The smallest absolute Gasteiger partial charge is 0.207 e. The van der Waals surface area contributed by atoms with Gasteiger partial charge in [0.2, 0.25) is 0 Å². The standard InChI is InChI=1S/C17H15FN2O2S2/c1-12-3-9-15(10-4-12)24(21,22)20-17(23-2)11-16(19-20)13-5-7-14(18)8-6-13/h3-11H,1-2H3. The fourth-order valence-electron chi connectivity index (χ4n) is 2.23. The van der Waals surface area contributed by atoms with Crippen LogP contribution in [0.3, 0.4) is 0 Å². The molecule has 1 aromatic heterocycles.